The van der Waals surface area contributed by atoms with Crippen molar-refractivity contribution >= 4 is 17.4 Å². The number of hydrogen-bond donors (Lipinski definition) is 2. The van der Waals surface area contributed by atoms with Crippen LogP contribution >= 0.6 is 0 Å². The van der Waals surface area contributed by atoms with Gasteiger partial charge in [-0.1, -0.05) is 6.08 Å². The minimum absolute atomic E-state index is 0.0822. The topological polar surface area (TPSA) is 101 Å². The first-order chi connectivity index (χ1) is 10.1. The zero-order valence-electron chi connectivity index (χ0n) is 11.0. The lowest BCUT2D eigenvalue weighted by Gasteiger charge is -2.09. The maximum absolute atomic E-state index is 11.8. The van der Waals surface area contributed by atoms with E-state index in [2.05, 4.69) is 10.9 Å². The SMILES string of the molecule is O=C1C=CCC/C1=C\NNC(=O)c1ccc([N+](=O)[O-])cc1. The van der Waals surface area contributed by atoms with E-state index in [9.17, 15) is 19.7 Å². The van der Waals surface area contributed by atoms with Crippen molar-refractivity contribution in [3.63, 3.8) is 0 Å². The van der Waals surface area contributed by atoms with Gasteiger partial charge in [-0.3, -0.25) is 25.1 Å². The van der Waals surface area contributed by atoms with Crippen LogP contribution < -0.4 is 10.9 Å². The fourth-order valence-corrected chi connectivity index (χ4v) is 1.80. The molecule has 108 valence electrons. The molecule has 0 saturated heterocycles. The fourth-order valence-electron chi connectivity index (χ4n) is 1.80. The molecule has 0 spiro atoms. The Morgan fingerprint density at radius 1 is 1.29 bits per heavy atom. The van der Waals surface area contributed by atoms with E-state index in [1.165, 1.54) is 36.5 Å². The lowest BCUT2D eigenvalue weighted by Crippen LogP contribution is -2.34. The Bertz CT molecular complexity index is 632. The van der Waals surface area contributed by atoms with Crippen molar-refractivity contribution in [3.05, 3.63) is 63.9 Å². The molecule has 7 nitrogen and oxygen atoms in total. The number of nitrogens with one attached hydrogen (secondary N) is 2. The highest BCUT2D eigenvalue weighted by Crippen LogP contribution is 2.13. The molecule has 21 heavy (non-hydrogen) atoms. The number of allylic oxidation sites excluding steroid dienone is 3. The summed E-state index contributed by atoms with van der Waals surface area (Å²) in [4.78, 5) is 33.2. The first kappa shape index (κ1) is 14.4. The van der Waals surface area contributed by atoms with Gasteiger partial charge in [-0.15, -0.1) is 0 Å². The van der Waals surface area contributed by atoms with E-state index in [1.807, 2.05) is 0 Å². The average Bonchev–Trinajstić information content (AvgIpc) is 2.49. The molecule has 0 saturated carbocycles. The molecule has 1 aromatic rings. The van der Waals surface area contributed by atoms with Crippen molar-refractivity contribution in [3.8, 4) is 0 Å². The molecular weight excluding hydrogens is 274 g/mol. The molecule has 0 unspecified atom stereocenters. The Kier molecular flexibility index (Phi) is 4.45. The molecule has 2 rings (SSSR count). The van der Waals surface area contributed by atoms with Gasteiger partial charge in [-0.2, -0.15) is 0 Å². The normalized spacial score (nSPS) is 15.8. The van der Waals surface area contributed by atoms with Crippen LogP contribution in [-0.2, 0) is 4.79 Å². The second-order valence-electron chi connectivity index (χ2n) is 4.38. The van der Waals surface area contributed by atoms with Gasteiger partial charge in [-0.05, 0) is 31.1 Å². The summed E-state index contributed by atoms with van der Waals surface area (Å²) in [6.07, 6.45) is 6.16. The number of carbonyl (C=O) groups excluding carboxylic acids is 2. The van der Waals surface area contributed by atoms with Crippen molar-refractivity contribution < 1.29 is 14.5 Å². The van der Waals surface area contributed by atoms with E-state index in [0.29, 0.717) is 12.0 Å². The Hall–Kier alpha value is -2.96. The lowest BCUT2D eigenvalue weighted by molar-refractivity contribution is -0.384. The van der Waals surface area contributed by atoms with Crippen LogP contribution in [0.3, 0.4) is 0 Å². The average molecular weight is 287 g/mol. The van der Waals surface area contributed by atoms with Crippen LogP contribution in [0.1, 0.15) is 23.2 Å². The van der Waals surface area contributed by atoms with Crippen LogP contribution in [0.2, 0.25) is 0 Å². The van der Waals surface area contributed by atoms with E-state index >= 15 is 0 Å². The van der Waals surface area contributed by atoms with Gasteiger partial charge in [0.15, 0.2) is 5.78 Å². The second-order valence-corrected chi connectivity index (χ2v) is 4.38. The van der Waals surface area contributed by atoms with Crippen LogP contribution in [0.5, 0.6) is 0 Å². The zero-order chi connectivity index (χ0) is 15.2. The van der Waals surface area contributed by atoms with Crippen molar-refractivity contribution in [1.29, 1.82) is 0 Å². The number of amides is 1. The van der Waals surface area contributed by atoms with E-state index in [-0.39, 0.29) is 17.0 Å². The summed E-state index contributed by atoms with van der Waals surface area (Å²) >= 11 is 0. The molecule has 1 aliphatic rings. The molecular formula is C14H13N3O4. The summed E-state index contributed by atoms with van der Waals surface area (Å²) in [6, 6.07) is 5.22. The number of ketones is 1. The molecule has 1 aromatic carbocycles. The number of nitrogens with zero attached hydrogens (tertiary/aromatic N) is 1. The summed E-state index contributed by atoms with van der Waals surface area (Å²) in [6.45, 7) is 0. The molecule has 0 atom stereocenters. The van der Waals surface area contributed by atoms with Gasteiger partial charge in [0.25, 0.3) is 11.6 Å². The number of hydrogen-bond acceptors (Lipinski definition) is 5. The predicted molar refractivity (Wildman–Crippen MR) is 75.2 cm³/mol. The Morgan fingerprint density at radius 2 is 2.00 bits per heavy atom. The van der Waals surface area contributed by atoms with E-state index < -0.39 is 10.8 Å². The van der Waals surface area contributed by atoms with Crippen molar-refractivity contribution in [2.24, 2.45) is 0 Å². The Balaban J connectivity index is 1.92. The van der Waals surface area contributed by atoms with E-state index in [4.69, 9.17) is 0 Å². The van der Waals surface area contributed by atoms with Gasteiger partial charge in [0, 0.05) is 29.5 Å². The fraction of sp³-hybridized carbons (Fsp3) is 0.143. The number of rotatable bonds is 4. The molecule has 0 heterocycles. The van der Waals surface area contributed by atoms with Gasteiger partial charge >= 0.3 is 0 Å². The summed E-state index contributed by atoms with van der Waals surface area (Å²) in [5.41, 5.74) is 5.76. The summed E-state index contributed by atoms with van der Waals surface area (Å²) in [5.74, 6) is -0.529. The predicted octanol–water partition coefficient (Wildman–Crippen LogP) is 1.63. The van der Waals surface area contributed by atoms with Gasteiger partial charge in [0.1, 0.15) is 0 Å². The van der Waals surface area contributed by atoms with Crippen LogP contribution in [0.25, 0.3) is 0 Å². The number of nitro benzene ring substituents is 1. The molecule has 7 heteroatoms. The minimum Gasteiger partial charge on any atom is -0.305 e. The largest absolute Gasteiger partial charge is 0.305 e. The molecule has 2 N–H and O–H groups in total. The highest BCUT2D eigenvalue weighted by Gasteiger charge is 2.11. The maximum atomic E-state index is 11.8. The van der Waals surface area contributed by atoms with Crippen molar-refractivity contribution in [2.75, 3.05) is 0 Å². The van der Waals surface area contributed by atoms with Crippen LogP contribution in [0, 0.1) is 10.1 Å². The highest BCUT2D eigenvalue weighted by atomic mass is 16.6. The third-order valence-electron chi connectivity index (χ3n) is 2.94. The highest BCUT2D eigenvalue weighted by molar-refractivity contribution is 6.04. The Labute approximate surface area is 120 Å². The summed E-state index contributed by atoms with van der Waals surface area (Å²) in [5, 5.41) is 10.5. The van der Waals surface area contributed by atoms with E-state index in [0.717, 1.165) is 6.42 Å². The third kappa shape index (κ3) is 3.75. The molecule has 0 aromatic heterocycles. The van der Waals surface area contributed by atoms with Crippen molar-refractivity contribution in [1.82, 2.24) is 10.9 Å². The van der Waals surface area contributed by atoms with Crippen molar-refractivity contribution in [2.45, 2.75) is 12.8 Å². The van der Waals surface area contributed by atoms with Gasteiger partial charge in [-0.25, -0.2) is 0 Å². The number of non-ortho nitro benzene ring substituents is 1. The van der Waals surface area contributed by atoms with Gasteiger partial charge in [0.05, 0.1) is 4.92 Å². The zero-order valence-corrected chi connectivity index (χ0v) is 11.0. The molecule has 0 radical (unpaired) electrons. The van der Waals surface area contributed by atoms with Crippen LogP contribution in [0.15, 0.2) is 48.2 Å². The molecule has 0 bridgehead atoms. The molecule has 0 aliphatic heterocycles. The summed E-state index contributed by atoms with van der Waals surface area (Å²) in [7, 11) is 0. The third-order valence-corrected chi connectivity index (χ3v) is 2.94. The van der Waals surface area contributed by atoms with Gasteiger partial charge < -0.3 is 5.43 Å². The van der Waals surface area contributed by atoms with Crippen LogP contribution in [0.4, 0.5) is 5.69 Å². The number of benzene rings is 1. The van der Waals surface area contributed by atoms with Gasteiger partial charge in [0.2, 0.25) is 0 Å². The molecule has 0 fully saturated rings. The summed E-state index contributed by atoms with van der Waals surface area (Å²) < 4.78 is 0. The number of hydrazine groups is 1. The first-order valence-electron chi connectivity index (χ1n) is 6.28. The quantitative estimate of drug-likeness (QED) is 0.498. The smallest absolute Gasteiger partial charge is 0.269 e. The first-order valence-corrected chi connectivity index (χ1v) is 6.28. The van der Waals surface area contributed by atoms with Crippen LogP contribution in [-0.4, -0.2) is 16.6 Å². The maximum Gasteiger partial charge on any atom is 0.269 e. The molecule has 1 aliphatic carbocycles. The van der Waals surface area contributed by atoms with E-state index in [1.54, 1.807) is 6.08 Å². The Morgan fingerprint density at radius 3 is 2.62 bits per heavy atom. The second kappa shape index (κ2) is 6.47. The number of carbonyl (C=O) groups is 2. The number of nitro groups is 1. The molecule has 1 amide bonds. The standard InChI is InChI=1S/C14H13N3O4/c18-13-4-2-1-3-11(13)9-15-16-14(19)10-5-7-12(8-6-10)17(20)21/h2,4-9,15H,1,3H2,(H,16,19)/b11-9+. The minimum atomic E-state index is -0.535. The lowest BCUT2D eigenvalue weighted by atomic mass is 10.0. The monoisotopic (exact) mass is 287 g/mol.